The highest BCUT2D eigenvalue weighted by Crippen LogP contribution is 2.34. The first-order valence-electron chi connectivity index (χ1n) is 11.0. The number of imide groups is 1. The lowest BCUT2D eigenvalue weighted by molar-refractivity contribution is -0.274. The van der Waals surface area contributed by atoms with Gasteiger partial charge in [-0.15, -0.1) is 13.2 Å². The molecular weight excluding hydrogens is 491 g/mol. The molecular formula is C25H22F3N5O4. The topological polar surface area (TPSA) is 104 Å². The summed E-state index contributed by atoms with van der Waals surface area (Å²) in [4.78, 5) is 45.0. The lowest BCUT2D eigenvalue weighted by Crippen LogP contribution is -2.43. The van der Waals surface area contributed by atoms with Crippen LogP contribution >= 0.6 is 0 Å². The van der Waals surface area contributed by atoms with Crippen LogP contribution in [0.3, 0.4) is 0 Å². The molecule has 2 aromatic carbocycles. The summed E-state index contributed by atoms with van der Waals surface area (Å²) in [6.07, 6.45) is -3.37. The van der Waals surface area contributed by atoms with E-state index >= 15 is 0 Å². The van der Waals surface area contributed by atoms with Crippen LogP contribution in [0.25, 0.3) is 0 Å². The number of pyridine rings is 1. The van der Waals surface area contributed by atoms with E-state index in [9.17, 15) is 27.6 Å². The molecule has 0 unspecified atom stereocenters. The van der Waals surface area contributed by atoms with Crippen LogP contribution in [0.15, 0.2) is 72.9 Å². The zero-order chi connectivity index (χ0) is 26.8. The van der Waals surface area contributed by atoms with Gasteiger partial charge in [0.25, 0.3) is 11.8 Å². The molecule has 2 N–H and O–H groups in total. The number of urea groups is 1. The Morgan fingerprint density at radius 2 is 1.70 bits per heavy atom. The number of rotatable bonds is 7. The van der Waals surface area contributed by atoms with E-state index in [1.165, 1.54) is 23.2 Å². The van der Waals surface area contributed by atoms with Crippen LogP contribution in [0.1, 0.15) is 29.8 Å². The number of hydrazine groups is 1. The number of carbonyl (C=O) groups excluding carboxylic acids is 3. The number of amides is 4. The van der Waals surface area contributed by atoms with E-state index in [1.54, 1.807) is 56.3 Å². The first-order valence-corrected chi connectivity index (χ1v) is 11.0. The monoisotopic (exact) mass is 513 g/mol. The van der Waals surface area contributed by atoms with Gasteiger partial charge in [0.15, 0.2) is 0 Å². The largest absolute Gasteiger partial charge is 0.573 e. The second-order valence-corrected chi connectivity index (χ2v) is 8.60. The van der Waals surface area contributed by atoms with Crippen molar-refractivity contribution in [3.8, 4) is 5.75 Å². The molecule has 0 saturated carbocycles. The van der Waals surface area contributed by atoms with E-state index in [1.807, 2.05) is 0 Å². The molecule has 1 fully saturated rings. The Balaban J connectivity index is 1.47. The number of nitrogens with zero attached hydrogens (tertiary/aromatic N) is 3. The molecule has 0 radical (unpaired) electrons. The Hall–Kier alpha value is -4.61. The molecule has 1 aromatic heterocycles. The van der Waals surface area contributed by atoms with E-state index in [2.05, 4.69) is 20.6 Å². The third-order valence-corrected chi connectivity index (χ3v) is 5.66. The van der Waals surface area contributed by atoms with Crippen molar-refractivity contribution in [2.45, 2.75) is 32.3 Å². The molecule has 4 rings (SSSR count). The molecule has 0 bridgehead atoms. The molecule has 3 aromatic rings. The number of ether oxygens (including phenoxy) is 1. The summed E-state index contributed by atoms with van der Waals surface area (Å²) in [7, 11) is 0. The first-order chi connectivity index (χ1) is 17.5. The Morgan fingerprint density at radius 3 is 2.35 bits per heavy atom. The minimum Gasteiger partial charge on any atom is -0.406 e. The maximum absolute atomic E-state index is 13.2. The SMILES string of the molecule is CC1(C)C(=O)N(c2ccc(OC(F)(F)F)cc2)C(=O)N1Cc1ccnc(NNC(=O)c2ccccc2)c1. The molecule has 1 saturated heterocycles. The van der Waals surface area contributed by atoms with E-state index in [-0.39, 0.29) is 18.1 Å². The molecule has 9 nitrogen and oxygen atoms in total. The molecule has 0 spiro atoms. The van der Waals surface area contributed by atoms with E-state index < -0.39 is 29.6 Å². The van der Waals surface area contributed by atoms with Gasteiger partial charge in [0, 0.05) is 18.3 Å². The molecule has 2 heterocycles. The number of carbonyl (C=O) groups is 3. The molecule has 12 heteroatoms. The van der Waals surface area contributed by atoms with Gasteiger partial charge in [0.2, 0.25) is 0 Å². The van der Waals surface area contributed by atoms with Crippen LogP contribution in [0.4, 0.5) is 29.5 Å². The number of aromatic nitrogens is 1. The van der Waals surface area contributed by atoms with Gasteiger partial charge in [-0.05, 0) is 67.9 Å². The van der Waals surface area contributed by atoms with Gasteiger partial charge in [-0.2, -0.15) is 0 Å². The number of hydrogen-bond donors (Lipinski definition) is 2. The quantitative estimate of drug-likeness (QED) is 0.357. The summed E-state index contributed by atoms with van der Waals surface area (Å²) in [6.45, 7) is 3.19. The summed E-state index contributed by atoms with van der Waals surface area (Å²) < 4.78 is 41.2. The molecule has 0 atom stereocenters. The van der Waals surface area contributed by atoms with E-state index in [4.69, 9.17) is 0 Å². The summed E-state index contributed by atoms with van der Waals surface area (Å²) in [5.74, 6) is -1.06. The predicted molar refractivity (Wildman–Crippen MR) is 127 cm³/mol. The Bertz CT molecular complexity index is 1310. The zero-order valence-electron chi connectivity index (χ0n) is 19.7. The number of nitrogens with one attached hydrogen (secondary N) is 2. The average molecular weight is 513 g/mol. The molecule has 4 amide bonds. The van der Waals surface area contributed by atoms with Crippen molar-refractivity contribution in [2.24, 2.45) is 0 Å². The maximum atomic E-state index is 13.2. The van der Waals surface area contributed by atoms with Crippen molar-refractivity contribution in [2.75, 3.05) is 10.3 Å². The number of halogens is 3. The fraction of sp³-hybridized carbons (Fsp3) is 0.200. The van der Waals surface area contributed by atoms with Crippen molar-refractivity contribution in [1.82, 2.24) is 15.3 Å². The predicted octanol–water partition coefficient (Wildman–Crippen LogP) is 4.48. The standard InChI is InChI=1S/C25H22F3N5O4/c1-24(2)22(35)33(18-8-10-19(11-9-18)37-25(26,27)28)23(36)32(24)15-16-12-13-29-20(14-16)30-31-21(34)17-6-4-3-5-7-17/h3-14H,15H2,1-2H3,(H,29,30)(H,31,34). The van der Waals surface area contributed by atoms with Gasteiger partial charge >= 0.3 is 12.4 Å². The average Bonchev–Trinajstić information content (AvgIpc) is 3.02. The van der Waals surface area contributed by atoms with Crippen LogP contribution in [0.5, 0.6) is 5.75 Å². The van der Waals surface area contributed by atoms with E-state index in [0.29, 0.717) is 16.9 Å². The van der Waals surface area contributed by atoms with Gasteiger partial charge in [-0.1, -0.05) is 18.2 Å². The van der Waals surface area contributed by atoms with Gasteiger partial charge in [0.05, 0.1) is 5.69 Å². The summed E-state index contributed by atoms with van der Waals surface area (Å²) in [5.41, 5.74) is 5.21. The maximum Gasteiger partial charge on any atom is 0.573 e. The molecule has 192 valence electrons. The third-order valence-electron chi connectivity index (χ3n) is 5.66. The number of benzene rings is 2. The second-order valence-electron chi connectivity index (χ2n) is 8.60. The van der Waals surface area contributed by atoms with Crippen LogP contribution in [0.2, 0.25) is 0 Å². The van der Waals surface area contributed by atoms with Crippen LogP contribution < -0.4 is 20.5 Å². The number of hydrogen-bond acceptors (Lipinski definition) is 6. The Labute approximate surface area is 209 Å². The third kappa shape index (κ3) is 5.63. The van der Waals surface area contributed by atoms with Crippen molar-refractivity contribution < 1.29 is 32.3 Å². The Morgan fingerprint density at radius 1 is 1.03 bits per heavy atom. The van der Waals surface area contributed by atoms with Crippen LogP contribution in [0, 0.1) is 0 Å². The molecule has 37 heavy (non-hydrogen) atoms. The van der Waals surface area contributed by atoms with Gasteiger partial charge in [0.1, 0.15) is 17.1 Å². The zero-order valence-corrected chi connectivity index (χ0v) is 19.7. The summed E-state index contributed by atoms with van der Waals surface area (Å²) >= 11 is 0. The first kappa shape index (κ1) is 25.5. The van der Waals surface area contributed by atoms with Gasteiger partial charge < -0.3 is 9.64 Å². The van der Waals surface area contributed by atoms with Crippen LogP contribution in [-0.2, 0) is 11.3 Å². The van der Waals surface area contributed by atoms with Gasteiger partial charge in [-0.3, -0.25) is 20.4 Å². The van der Waals surface area contributed by atoms with Crippen molar-refractivity contribution in [1.29, 1.82) is 0 Å². The fourth-order valence-corrected chi connectivity index (χ4v) is 3.73. The highest BCUT2D eigenvalue weighted by Gasteiger charge is 2.51. The van der Waals surface area contributed by atoms with E-state index in [0.717, 1.165) is 17.0 Å². The summed E-state index contributed by atoms with van der Waals surface area (Å²) in [5, 5.41) is 0. The minimum atomic E-state index is -4.86. The van der Waals surface area contributed by atoms with Crippen molar-refractivity contribution in [3.05, 3.63) is 84.1 Å². The minimum absolute atomic E-state index is 0.0349. The molecule has 1 aliphatic rings. The lowest BCUT2D eigenvalue weighted by Gasteiger charge is -2.27. The van der Waals surface area contributed by atoms with Gasteiger partial charge in [-0.25, -0.2) is 14.7 Å². The normalized spacial score (nSPS) is 15.1. The smallest absolute Gasteiger partial charge is 0.406 e. The molecule has 0 aliphatic carbocycles. The van der Waals surface area contributed by atoms with Crippen molar-refractivity contribution >= 4 is 29.4 Å². The Kier molecular flexibility index (Phi) is 6.75. The highest BCUT2D eigenvalue weighted by atomic mass is 19.4. The van der Waals surface area contributed by atoms with Crippen molar-refractivity contribution in [3.63, 3.8) is 0 Å². The second kappa shape index (κ2) is 9.80. The molecule has 1 aliphatic heterocycles. The lowest BCUT2D eigenvalue weighted by atomic mass is 10.0. The number of alkyl halides is 3. The van der Waals surface area contributed by atoms with Crippen LogP contribution in [-0.4, -0.2) is 39.6 Å². The fourth-order valence-electron chi connectivity index (χ4n) is 3.73. The highest BCUT2D eigenvalue weighted by molar-refractivity contribution is 6.22. The summed E-state index contributed by atoms with van der Waals surface area (Å²) in [6, 6.07) is 15.7. The number of anilines is 2.